The van der Waals surface area contributed by atoms with Gasteiger partial charge in [-0.25, -0.2) is 0 Å². The van der Waals surface area contributed by atoms with Crippen molar-refractivity contribution >= 4 is 28.8 Å². The lowest BCUT2D eigenvalue weighted by molar-refractivity contribution is 0.296. The standard InChI is InChI=1S/C16H21NOS2/c1-12-8-11-20-16(12)13(2)17-14-4-6-15(7-5-14)19-10-3-9-18/h4-8,11,13,17-18H,3,9-10H2,1-2H3. The topological polar surface area (TPSA) is 32.3 Å². The molecule has 0 saturated heterocycles. The van der Waals surface area contributed by atoms with E-state index in [1.54, 1.807) is 23.1 Å². The maximum Gasteiger partial charge on any atom is 0.0581 e. The number of thioether (sulfide) groups is 1. The Hall–Kier alpha value is -0.970. The zero-order valence-electron chi connectivity index (χ0n) is 11.9. The van der Waals surface area contributed by atoms with E-state index in [0.717, 1.165) is 17.9 Å². The Labute approximate surface area is 129 Å². The van der Waals surface area contributed by atoms with Gasteiger partial charge in [-0.15, -0.1) is 23.1 Å². The van der Waals surface area contributed by atoms with E-state index in [9.17, 15) is 0 Å². The van der Waals surface area contributed by atoms with Crippen LogP contribution in [0.5, 0.6) is 0 Å². The SMILES string of the molecule is Cc1ccsc1C(C)Nc1ccc(SCCCO)cc1. The molecule has 1 aromatic heterocycles. The van der Waals surface area contributed by atoms with E-state index >= 15 is 0 Å². The summed E-state index contributed by atoms with van der Waals surface area (Å²) in [5, 5.41) is 14.5. The van der Waals surface area contributed by atoms with Gasteiger partial charge in [0.25, 0.3) is 0 Å². The summed E-state index contributed by atoms with van der Waals surface area (Å²) in [6.07, 6.45) is 0.847. The molecule has 0 fully saturated rings. The van der Waals surface area contributed by atoms with Gasteiger partial charge in [0.1, 0.15) is 0 Å². The lowest BCUT2D eigenvalue weighted by Gasteiger charge is -2.15. The van der Waals surface area contributed by atoms with E-state index in [4.69, 9.17) is 5.11 Å². The number of nitrogens with one attached hydrogen (secondary N) is 1. The Morgan fingerprint density at radius 1 is 1.25 bits per heavy atom. The molecule has 2 rings (SSSR count). The molecule has 20 heavy (non-hydrogen) atoms. The van der Waals surface area contributed by atoms with Crippen molar-refractivity contribution in [3.05, 3.63) is 46.2 Å². The average Bonchev–Trinajstić information content (AvgIpc) is 2.87. The molecule has 108 valence electrons. The van der Waals surface area contributed by atoms with E-state index in [2.05, 4.69) is 54.9 Å². The Balaban J connectivity index is 1.92. The minimum atomic E-state index is 0.268. The van der Waals surface area contributed by atoms with Crippen LogP contribution in [-0.2, 0) is 0 Å². The smallest absolute Gasteiger partial charge is 0.0581 e. The van der Waals surface area contributed by atoms with Crippen LogP contribution in [0, 0.1) is 6.92 Å². The van der Waals surface area contributed by atoms with Gasteiger partial charge < -0.3 is 10.4 Å². The number of aliphatic hydroxyl groups excluding tert-OH is 1. The second kappa shape index (κ2) is 7.72. The first-order valence-corrected chi connectivity index (χ1v) is 8.71. The van der Waals surface area contributed by atoms with E-state index < -0.39 is 0 Å². The summed E-state index contributed by atoms with van der Waals surface area (Å²) in [6, 6.07) is 11.0. The predicted molar refractivity (Wildman–Crippen MR) is 90.0 cm³/mol. The van der Waals surface area contributed by atoms with Crippen molar-refractivity contribution in [2.24, 2.45) is 0 Å². The molecule has 0 radical (unpaired) electrons. The first-order chi connectivity index (χ1) is 9.70. The maximum absolute atomic E-state index is 8.78. The average molecular weight is 307 g/mol. The Morgan fingerprint density at radius 2 is 2.00 bits per heavy atom. The Morgan fingerprint density at radius 3 is 2.60 bits per heavy atom. The van der Waals surface area contributed by atoms with E-state index in [0.29, 0.717) is 6.04 Å². The molecule has 0 aliphatic rings. The normalized spacial score (nSPS) is 12.3. The van der Waals surface area contributed by atoms with Crippen LogP contribution in [0.15, 0.2) is 40.6 Å². The van der Waals surface area contributed by atoms with Crippen LogP contribution < -0.4 is 5.32 Å². The lowest BCUT2D eigenvalue weighted by Crippen LogP contribution is -2.05. The van der Waals surface area contributed by atoms with Crippen molar-refractivity contribution in [1.29, 1.82) is 0 Å². The van der Waals surface area contributed by atoms with Crippen molar-refractivity contribution < 1.29 is 5.11 Å². The molecule has 1 heterocycles. The molecule has 2 N–H and O–H groups in total. The monoisotopic (exact) mass is 307 g/mol. The zero-order chi connectivity index (χ0) is 14.4. The van der Waals surface area contributed by atoms with Crippen LogP contribution in [0.2, 0.25) is 0 Å². The van der Waals surface area contributed by atoms with Crippen LogP contribution in [0.25, 0.3) is 0 Å². The van der Waals surface area contributed by atoms with Gasteiger partial charge in [-0.2, -0.15) is 0 Å². The molecule has 1 atom stereocenters. The number of thiophene rings is 1. The number of hydrogen-bond acceptors (Lipinski definition) is 4. The molecular formula is C16H21NOS2. The minimum Gasteiger partial charge on any atom is -0.396 e. The first kappa shape index (κ1) is 15.4. The summed E-state index contributed by atoms with van der Waals surface area (Å²) in [5.74, 6) is 0.966. The summed E-state index contributed by atoms with van der Waals surface area (Å²) in [6.45, 7) is 4.62. The minimum absolute atomic E-state index is 0.268. The van der Waals surface area contributed by atoms with Gasteiger partial charge in [0, 0.05) is 27.8 Å². The van der Waals surface area contributed by atoms with E-state index in [1.165, 1.54) is 15.3 Å². The number of benzene rings is 1. The van der Waals surface area contributed by atoms with Gasteiger partial charge in [0.2, 0.25) is 0 Å². The van der Waals surface area contributed by atoms with Crippen molar-refractivity contribution in [2.45, 2.75) is 31.2 Å². The molecule has 0 bridgehead atoms. The highest BCUT2D eigenvalue weighted by molar-refractivity contribution is 7.99. The lowest BCUT2D eigenvalue weighted by atomic mass is 10.2. The highest BCUT2D eigenvalue weighted by Gasteiger charge is 2.09. The number of aryl methyl sites for hydroxylation is 1. The van der Waals surface area contributed by atoms with Gasteiger partial charge >= 0.3 is 0 Å². The first-order valence-electron chi connectivity index (χ1n) is 6.85. The van der Waals surface area contributed by atoms with Crippen molar-refractivity contribution in [1.82, 2.24) is 0 Å². The fourth-order valence-corrected chi connectivity index (χ4v) is 3.82. The number of anilines is 1. The quantitative estimate of drug-likeness (QED) is 0.574. The van der Waals surface area contributed by atoms with Crippen molar-refractivity contribution in [3.63, 3.8) is 0 Å². The molecule has 0 spiro atoms. The summed E-state index contributed by atoms with van der Waals surface area (Å²) in [7, 11) is 0. The molecule has 2 aromatic rings. The van der Waals surface area contributed by atoms with Gasteiger partial charge in [-0.05, 0) is 61.5 Å². The third-order valence-corrected chi connectivity index (χ3v) is 5.40. The summed E-state index contributed by atoms with van der Waals surface area (Å²) < 4.78 is 0. The molecule has 2 nitrogen and oxygen atoms in total. The van der Waals surface area contributed by atoms with E-state index in [-0.39, 0.29) is 6.61 Å². The maximum atomic E-state index is 8.78. The predicted octanol–water partition coefficient (Wildman–Crippen LogP) is 4.70. The molecule has 4 heteroatoms. The Bertz CT molecular complexity index is 522. The molecule has 0 aliphatic heterocycles. The second-order valence-corrected chi connectivity index (χ2v) is 6.90. The molecule has 1 aromatic carbocycles. The van der Waals surface area contributed by atoms with Crippen LogP contribution in [-0.4, -0.2) is 17.5 Å². The molecular weight excluding hydrogens is 286 g/mol. The van der Waals surface area contributed by atoms with Gasteiger partial charge in [-0.3, -0.25) is 0 Å². The summed E-state index contributed by atoms with van der Waals surface area (Å²) >= 11 is 3.59. The van der Waals surface area contributed by atoms with E-state index in [1.807, 2.05) is 0 Å². The third-order valence-electron chi connectivity index (χ3n) is 3.10. The van der Waals surface area contributed by atoms with Crippen LogP contribution in [0.1, 0.15) is 29.8 Å². The van der Waals surface area contributed by atoms with Crippen LogP contribution >= 0.6 is 23.1 Å². The highest BCUT2D eigenvalue weighted by atomic mass is 32.2. The third kappa shape index (κ3) is 4.27. The van der Waals surface area contributed by atoms with Gasteiger partial charge in [0.05, 0.1) is 6.04 Å². The zero-order valence-corrected chi connectivity index (χ0v) is 13.6. The number of hydrogen-bond donors (Lipinski definition) is 2. The fourth-order valence-electron chi connectivity index (χ4n) is 2.05. The van der Waals surface area contributed by atoms with Crippen LogP contribution in [0.4, 0.5) is 5.69 Å². The van der Waals surface area contributed by atoms with Crippen molar-refractivity contribution in [3.8, 4) is 0 Å². The van der Waals surface area contributed by atoms with Gasteiger partial charge in [0.15, 0.2) is 0 Å². The fraction of sp³-hybridized carbons (Fsp3) is 0.375. The second-order valence-electron chi connectivity index (χ2n) is 4.78. The largest absolute Gasteiger partial charge is 0.396 e. The van der Waals surface area contributed by atoms with Crippen LogP contribution in [0.3, 0.4) is 0 Å². The summed E-state index contributed by atoms with van der Waals surface area (Å²) in [5.41, 5.74) is 2.50. The number of rotatable bonds is 7. The highest BCUT2D eigenvalue weighted by Crippen LogP contribution is 2.28. The summed E-state index contributed by atoms with van der Waals surface area (Å²) in [4.78, 5) is 2.65. The number of aliphatic hydroxyl groups is 1. The van der Waals surface area contributed by atoms with Crippen molar-refractivity contribution in [2.75, 3.05) is 17.7 Å². The van der Waals surface area contributed by atoms with Gasteiger partial charge in [-0.1, -0.05) is 0 Å². The molecule has 0 aliphatic carbocycles. The molecule has 1 unspecified atom stereocenters. The molecule has 0 amide bonds. The Kier molecular flexibility index (Phi) is 5.95. The molecule has 0 saturated carbocycles.